The second kappa shape index (κ2) is 16.8. The number of benzene rings is 5. The molecule has 2 heterocycles. The summed E-state index contributed by atoms with van der Waals surface area (Å²) < 4.78 is 47.4. The molecule has 0 aliphatic heterocycles. The molecule has 0 saturated carbocycles. The van der Waals surface area contributed by atoms with Crippen molar-refractivity contribution in [1.82, 2.24) is 0 Å². The summed E-state index contributed by atoms with van der Waals surface area (Å²) in [5, 5.41) is 1.51. The van der Waals surface area contributed by atoms with Gasteiger partial charge in [0.15, 0.2) is 0 Å². The van der Waals surface area contributed by atoms with Gasteiger partial charge >= 0.3 is 280 Å². The molecule has 0 unspecified atom stereocenters. The van der Waals surface area contributed by atoms with Crippen LogP contribution in [0.1, 0.15) is 76.7 Å². The molecule has 0 saturated heterocycles. The Hall–Kier alpha value is -4.32. The maximum absolute atomic E-state index is 14.0. The van der Waals surface area contributed by atoms with E-state index in [1.54, 1.807) is 97.1 Å². The summed E-state index contributed by atoms with van der Waals surface area (Å²) in [5.74, 6) is 0. The standard InChI is InChI=1S/C44H43IO7S/c1-2-3-4-5-6-7-8-9-10-11-16-31-21-25-34(26-22-31)53(48,49)52-45(32-23-27-41-37(29-32)43(46)35-17-12-14-19-39(35)50-41)33-24-28-42-38(30-33)44(47)36-18-13-15-20-40(36)51-42/h12-15,17-30H,2-11,16H2,1H3. The zero-order chi connectivity index (χ0) is 36.8. The molecule has 0 fully saturated rings. The van der Waals surface area contributed by atoms with Crippen molar-refractivity contribution >= 4 is 74.2 Å². The Bertz CT molecular complexity index is 2480. The Morgan fingerprint density at radius 3 is 1.49 bits per heavy atom. The summed E-state index contributed by atoms with van der Waals surface area (Å²) in [6.45, 7) is 2.24. The van der Waals surface area contributed by atoms with Gasteiger partial charge in [-0.15, -0.1) is 0 Å². The van der Waals surface area contributed by atoms with E-state index in [1.807, 2.05) is 12.1 Å². The third-order valence-electron chi connectivity index (χ3n) is 9.65. The Morgan fingerprint density at radius 2 is 0.981 bits per heavy atom. The number of hydrogen-bond acceptors (Lipinski definition) is 7. The summed E-state index contributed by atoms with van der Waals surface area (Å²) in [5.41, 5.74) is 2.37. The van der Waals surface area contributed by atoms with E-state index in [2.05, 4.69) is 6.92 Å². The van der Waals surface area contributed by atoms with Crippen LogP contribution in [0.2, 0.25) is 0 Å². The van der Waals surface area contributed by atoms with Crippen molar-refractivity contribution < 1.29 is 19.8 Å². The predicted octanol–water partition coefficient (Wildman–Crippen LogP) is 11.5. The molecule has 7 aromatic rings. The molecule has 0 radical (unpaired) electrons. The number of halogens is 1. The van der Waals surface area contributed by atoms with Crippen LogP contribution in [0.15, 0.2) is 133 Å². The van der Waals surface area contributed by atoms with Gasteiger partial charge in [-0.1, -0.05) is 39.0 Å². The normalized spacial score (nSPS) is 12.3. The molecular formula is C44H43IO7S. The molecule has 0 spiro atoms. The fraction of sp³-hybridized carbons (Fsp3) is 0.273. The average Bonchev–Trinajstić information content (AvgIpc) is 3.18. The van der Waals surface area contributed by atoms with E-state index in [-0.39, 0.29) is 15.8 Å². The molecule has 0 atom stereocenters. The van der Waals surface area contributed by atoms with E-state index in [4.69, 9.17) is 11.3 Å². The Balaban J connectivity index is 1.16. The van der Waals surface area contributed by atoms with Crippen LogP contribution in [0.25, 0.3) is 43.9 Å². The van der Waals surface area contributed by atoms with Crippen LogP contribution in [-0.2, 0) is 19.1 Å². The van der Waals surface area contributed by atoms with Crippen LogP contribution in [0.4, 0.5) is 0 Å². The van der Waals surface area contributed by atoms with Crippen molar-refractivity contribution in [2.24, 2.45) is 0 Å². The summed E-state index contributed by atoms with van der Waals surface area (Å²) >= 11 is -3.38. The van der Waals surface area contributed by atoms with Crippen molar-refractivity contribution in [3.05, 3.63) is 142 Å². The molecule has 7 rings (SSSR count). The van der Waals surface area contributed by atoms with Gasteiger partial charge in [0.1, 0.15) is 0 Å². The first kappa shape index (κ1) is 37.0. The van der Waals surface area contributed by atoms with E-state index in [1.165, 1.54) is 51.4 Å². The minimum atomic E-state index is -4.25. The van der Waals surface area contributed by atoms with Crippen molar-refractivity contribution in [2.75, 3.05) is 0 Å². The average molecular weight is 843 g/mol. The predicted molar refractivity (Wildman–Crippen MR) is 222 cm³/mol. The van der Waals surface area contributed by atoms with Crippen LogP contribution >= 0.6 is 20.2 Å². The third-order valence-corrected chi connectivity index (χ3v) is 16.9. The van der Waals surface area contributed by atoms with Gasteiger partial charge in [0.05, 0.1) is 0 Å². The molecule has 0 aliphatic carbocycles. The molecule has 53 heavy (non-hydrogen) atoms. The first-order chi connectivity index (χ1) is 25.8. The molecule has 7 nitrogen and oxygen atoms in total. The number of fused-ring (bicyclic) bond motifs is 4. The third kappa shape index (κ3) is 8.42. The second-order valence-corrected chi connectivity index (χ2v) is 20.0. The van der Waals surface area contributed by atoms with Crippen LogP contribution in [0.5, 0.6) is 0 Å². The number of hydrogen-bond donors (Lipinski definition) is 0. The van der Waals surface area contributed by atoms with E-state index in [9.17, 15) is 18.0 Å². The van der Waals surface area contributed by atoms with Crippen molar-refractivity contribution in [3.8, 4) is 0 Å². The molecule has 2 aromatic heterocycles. The van der Waals surface area contributed by atoms with Crippen molar-refractivity contribution in [3.63, 3.8) is 0 Å². The van der Waals surface area contributed by atoms with Crippen LogP contribution in [-0.4, -0.2) is 8.42 Å². The van der Waals surface area contributed by atoms with Gasteiger partial charge in [0.2, 0.25) is 0 Å². The maximum atomic E-state index is 14.0. The van der Waals surface area contributed by atoms with Gasteiger partial charge in [0, 0.05) is 0 Å². The summed E-state index contributed by atoms with van der Waals surface area (Å²) in [6, 6.07) is 31.2. The molecule has 0 amide bonds. The number of para-hydroxylation sites is 2. The summed E-state index contributed by atoms with van der Waals surface area (Å²) in [6.07, 6.45) is 13.5. The Morgan fingerprint density at radius 1 is 0.528 bits per heavy atom. The fourth-order valence-corrected chi connectivity index (χ4v) is 13.8. The molecule has 0 aliphatic rings. The molecule has 274 valence electrons. The number of rotatable bonds is 16. The summed E-state index contributed by atoms with van der Waals surface area (Å²) in [4.78, 5) is 27.3. The van der Waals surface area contributed by atoms with Gasteiger partial charge in [-0.2, -0.15) is 0 Å². The monoisotopic (exact) mass is 842 g/mol. The van der Waals surface area contributed by atoms with E-state index in [0.717, 1.165) is 24.8 Å². The van der Waals surface area contributed by atoms with Crippen molar-refractivity contribution in [1.29, 1.82) is 0 Å². The number of unbranched alkanes of at least 4 members (excludes halogenated alkanes) is 9. The minimum absolute atomic E-state index is 0.0595. The van der Waals surface area contributed by atoms with E-state index < -0.39 is 30.4 Å². The first-order valence-electron chi connectivity index (χ1n) is 18.5. The van der Waals surface area contributed by atoms with E-state index in [0.29, 0.717) is 51.0 Å². The first-order valence-corrected chi connectivity index (χ1v) is 22.9. The number of aryl methyl sites for hydroxylation is 1. The molecule has 0 bridgehead atoms. The van der Waals surface area contributed by atoms with Gasteiger partial charge < -0.3 is 0 Å². The zero-order valence-corrected chi connectivity index (χ0v) is 32.8. The zero-order valence-electron chi connectivity index (χ0n) is 29.8. The topological polar surface area (TPSA) is 104 Å². The second-order valence-electron chi connectivity index (χ2n) is 13.5. The molecule has 0 N–H and O–H groups in total. The molecule has 5 aromatic carbocycles. The SMILES string of the molecule is CCCCCCCCCCCCc1ccc(S(=O)(=O)OI(c2ccc3oc4ccccc4c(=O)c3c2)c2ccc3oc4ccccc4c(=O)c3c2)cc1. The van der Waals surface area contributed by atoms with E-state index >= 15 is 0 Å². The molecule has 9 heteroatoms. The van der Waals surface area contributed by atoms with Gasteiger partial charge in [-0.25, -0.2) is 0 Å². The van der Waals surface area contributed by atoms with Crippen LogP contribution < -0.4 is 10.9 Å². The van der Waals surface area contributed by atoms with Crippen LogP contribution in [0.3, 0.4) is 0 Å². The Labute approximate surface area is 317 Å². The quantitative estimate of drug-likeness (QED) is 0.0542. The fourth-order valence-electron chi connectivity index (χ4n) is 6.72. The Kier molecular flexibility index (Phi) is 11.7. The summed E-state index contributed by atoms with van der Waals surface area (Å²) in [7, 11) is -4.25. The molecular weight excluding hydrogens is 799 g/mol. The van der Waals surface area contributed by atoms with Crippen LogP contribution in [0, 0.1) is 7.14 Å². The van der Waals surface area contributed by atoms with Gasteiger partial charge in [0.25, 0.3) is 0 Å². The van der Waals surface area contributed by atoms with Gasteiger partial charge in [-0.3, -0.25) is 0 Å². The van der Waals surface area contributed by atoms with Crippen molar-refractivity contribution in [2.45, 2.75) is 82.4 Å². The van der Waals surface area contributed by atoms with Gasteiger partial charge in [-0.05, 0) is 0 Å².